The maximum Gasteiger partial charge on any atom is 0.159 e. The van der Waals surface area contributed by atoms with Gasteiger partial charge in [0.05, 0.1) is 18.5 Å². The van der Waals surface area contributed by atoms with Gasteiger partial charge in [-0.15, -0.1) is 0 Å². The highest BCUT2D eigenvalue weighted by atomic mass is 32.2. The third kappa shape index (κ3) is 3.44. The summed E-state index contributed by atoms with van der Waals surface area (Å²) in [5.74, 6) is 0.142. The Balaban J connectivity index is 2.01. The van der Waals surface area contributed by atoms with Gasteiger partial charge in [0.1, 0.15) is 5.25 Å². The minimum Gasteiger partial charge on any atom is -0.380 e. The first-order valence-electron chi connectivity index (χ1n) is 6.78. The van der Waals surface area contributed by atoms with E-state index in [2.05, 4.69) is 5.32 Å². The lowest BCUT2D eigenvalue weighted by Gasteiger charge is -2.32. The van der Waals surface area contributed by atoms with Gasteiger partial charge >= 0.3 is 0 Å². The molecular weight excluding hydrogens is 254 g/mol. The molecule has 106 valence electrons. The zero-order chi connectivity index (χ0) is 13.0. The van der Waals surface area contributed by atoms with Gasteiger partial charge in [-0.1, -0.05) is 6.92 Å². The summed E-state index contributed by atoms with van der Waals surface area (Å²) in [6.07, 6.45) is 2.49. The van der Waals surface area contributed by atoms with Gasteiger partial charge in [-0.05, 0) is 25.8 Å². The van der Waals surface area contributed by atoms with Crippen LogP contribution in [0.1, 0.15) is 26.2 Å². The molecule has 3 unspecified atom stereocenters. The molecule has 0 amide bonds. The number of nitrogens with one attached hydrogen (secondary N) is 1. The number of hydrogen-bond acceptors (Lipinski definition) is 5. The van der Waals surface area contributed by atoms with E-state index in [1.165, 1.54) is 0 Å². The average molecular weight is 277 g/mol. The van der Waals surface area contributed by atoms with Gasteiger partial charge in [-0.25, -0.2) is 8.42 Å². The van der Waals surface area contributed by atoms with Crippen LogP contribution < -0.4 is 5.32 Å². The van der Waals surface area contributed by atoms with Crippen molar-refractivity contribution >= 4 is 9.84 Å². The topological polar surface area (TPSA) is 64.6 Å². The van der Waals surface area contributed by atoms with Gasteiger partial charge in [0.25, 0.3) is 0 Å². The third-order valence-electron chi connectivity index (χ3n) is 3.67. The molecule has 0 aliphatic carbocycles. The fourth-order valence-corrected chi connectivity index (χ4v) is 4.78. The molecule has 0 spiro atoms. The van der Waals surface area contributed by atoms with E-state index in [4.69, 9.17) is 9.47 Å². The monoisotopic (exact) mass is 277 g/mol. The maximum absolute atomic E-state index is 12.4. The smallest absolute Gasteiger partial charge is 0.159 e. The van der Waals surface area contributed by atoms with Gasteiger partial charge in [-0.2, -0.15) is 0 Å². The number of rotatable bonds is 5. The summed E-state index contributed by atoms with van der Waals surface area (Å²) in [4.78, 5) is 0. The molecule has 3 atom stereocenters. The lowest BCUT2D eigenvalue weighted by Crippen LogP contribution is -2.51. The van der Waals surface area contributed by atoms with E-state index in [9.17, 15) is 8.42 Å². The van der Waals surface area contributed by atoms with Crippen LogP contribution in [0, 0.1) is 0 Å². The molecule has 2 saturated heterocycles. The first-order chi connectivity index (χ1) is 8.63. The Morgan fingerprint density at radius 1 is 1.28 bits per heavy atom. The van der Waals surface area contributed by atoms with Crippen LogP contribution in [0.25, 0.3) is 0 Å². The molecule has 1 N–H and O–H groups in total. The van der Waals surface area contributed by atoms with E-state index in [0.29, 0.717) is 19.8 Å². The fraction of sp³-hybridized carbons (Fsp3) is 1.00. The Morgan fingerprint density at radius 3 is 2.78 bits per heavy atom. The van der Waals surface area contributed by atoms with Crippen LogP contribution >= 0.6 is 0 Å². The van der Waals surface area contributed by atoms with Gasteiger partial charge in [0.15, 0.2) is 9.84 Å². The van der Waals surface area contributed by atoms with E-state index in [1.54, 1.807) is 0 Å². The Labute approximate surface area is 109 Å². The standard InChI is InChI=1S/C12H23NO4S/c1-2-13-11-5-7-16-8-12(11)18(14,15)9-10-4-3-6-17-10/h10-13H,2-9H2,1H3. The molecule has 0 bridgehead atoms. The lowest BCUT2D eigenvalue weighted by molar-refractivity contribution is 0.0802. The Morgan fingerprint density at radius 2 is 2.11 bits per heavy atom. The van der Waals surface area contributed by atoms with E-state index in [0.717, 1.165) is 25.8 Å². The van der Waals surface area contributed by atoms with Crippen LogP contribution in [0.3, 0.4) is 0 Å². The quantitative estimate of drug-likeness (QED) is 0.785. The molecule has 2 heterocycles. The number of hydrogen-bond donors (Lipinski definition) is 1. The van der Waals surface area contributed by atoms with Crippen LogP contribution in [-0.2, 0) is 19.3 Å². The molecule has 6 heteroatoms. The molecule has 2 aliphatic rings. The van der Waals surface area contributed by atoms with Crippen molar-refractivity contribution in [3.8, 4) is 0 Å². The molecule has 18 heavy (non-hydrogen) atoms. The van der Waals surface area contributed by atoms with Crippen LogP contribution in [-0.4, -0.2) is 57.9 Å². The average Bonchev–Trinajstić information content (AvgIpc) is 2.82. The Bertz CT molecular complexity index is 349. The summed E-state index contributed by atoms with van der Waals surface area (Å²) < 4.78 is 35.6. The van der Waals surface area contributed by atoms with Gasteiger partial charge in [-0.3, -0.25) is 0 Å². The molecule has 2 fully saturated rings. The summed E-state index contributed by atoms with van der Waals surface area (Å²) in [7, 11) is -3.15. The zero-order valence-corrected chi connectivity index (χ0v) is 11.7. The van der Waals surface area contributed by atoms with Crippen LogP contribution in [0.15, 0.2) is 0 Å². The number of sulfone groups is 1. The summed E-state index contributed by atoms with van der Waals surface area (Å²) in [5, 5.41) is 2.84. The molecule has 2 aliphatic heterocycles. The Hall–Kier alpha value is -0.170. The highest BCUT2D eigenvalue weighted by Gasteiger charge is 2.37. The summed E-state index contributed by atoms with van der Waals surface area (Å²) in [6, 6.07) is 0.0233. The minimum atomic E-state index is -3.15. The number of ether oxygens (including phenoxy) is 2. The van der Waals surface area contributed by atoms with Crippen molar-refractivity contribution in [1.82, 2.24) is 5.32 Å². The molecule has 0 aromatic heterocycles. The van der Waals surface area contributed by atoms with Gasteiger partial charge in [0, 0.05) is 19.3 Å². The zero-order valence-electron chi connectivity index (χ0n) is 10.9. The van der Waals surface area contributed by atoms with Crippen LogP contribution in [0.5, 0.6) is 0 Å². The van der Waals surface area contributed by atoms with E-state index < -0.39 is 15.1 Å². The van der Waals surface area contributed by atoms with Crippen molar-refractivity contribution in [3.63, 3.8) is 0 Å². The molecule has 0 saturated carbocycles. The van der Waals surface area contributed by atoms with Crippen molar-refractivity contribution in [2.24, 2.45) is 0 Å². The molecular formula is C12H23NO4S. The molecule has 0 aromatic rings. The normalized spacial score (nSPS) is 33.7. The Kier molecular flexibility index (Phi) is 5.00. The van der Waals surface area contributed by atoms with Crippen molar-refractivity contribution in [3.05, 3.63) is 0 Å². The second-order valence-electron chi connectivity index (χ2n) is 5.03. The maximum atomic E-state index is 12.4. The minimum absolute atomic E-state index is 0.0233. The van der Waals surface area contributed by atoms with Crippen molar-refractivity contribution < 1.29 is 17.9 Å². The second-order valence-corrected chi connectivity index (χ2v) is 7.30. The highest BCUT2D eigenvalue weighted by Crippen LogP contribution is 2.21. The van der Waals surface area contributed by atoms with E-state index in [-0.39, 0.29) is 17.9 Å². The molecule has 2 rings (SSSR count). The first-order valence-corrected chi connectivity index (χ1v) is 8.49. The van der Waals surface area contributed by atoms with Gasteiger partial charge in [0.2, 0.25) is 0 Å². The molecule has 0 radical (unpaired) electrons. The summed E-state index contributed by atoms with van der Waals surface area (Å²) >= 11 is 0. The van der Waals surface area contributed by atoms with Crippen molar-refractivity contribution in [2.45, 2.75) is 43.6 Å². The fourth-order valence-electron chi connectivity index (χ4n) is 2.72. The molecule has 0 aromatic carbocycles. The highest BCUT2D eigenvalue weighted by molar-refractivity contribution is 7.92. The van der Waals surface area contributed by atoms with Crippen molar-refractivity contribution in [1.29, 1.82) is 0 Å². The predicted molar refractivity (Wildman–Crippen MR) is 69.4 cm³/mol. The van der Waals surface area contributed by atoms with Crippen LogP contribution in [0.4, 0.5) is 0 Å². The van der Waals surface area contributed by atoms with E-state index >= 15 is 0 Å². The summed E-state index contributed by atoms with van der Waals surface area (Å²) in [6.45, 7) is 4.43. The van der Waals surface area contributed by atoms with Crippen molar-refractivity contribution in [2.75, 3.05) is 32.1 Å². The largest absolute Gasteiger partial charge is 0.380 e. The third-order valence-corrected chi connectivity index (χ3v) is 5.90. The SMILES string of the molecule is CCNC1CCOCC1S(=O)(=O)CC1CCCO1. The van der Waals surface area contributed by atoms with Gasteiger partial charge < -0.3 is 14.8 Å². The molecule has 5 nitrogen and oxygen atoms in total. The van der Waals surface area contributed by atoms with E-state index in [1.807, 2.05) is 6.92 Å². The van der Waals surface area contributed by atoms with Crippen LogP contribution in [0.2, 0.25) is 0 Å². The second kappa shape index (κ2) is 6.32. The lowest BCUT2D eigenvalue weighted by atomic mass is 10.1. The predicted octanol–water partition coefficient (Wildman–Crippen LogP) is 0.347. The summed E-state index contributed by atoms with van der Waals surface area (Å²) in [5.41, 5.74) is 0. The first kappa shape index (κ1) is 14.2.